The zero-order chi connectivity index (χ0) is 21.7. The SMILES string of the molecule is C=CCn1c(S[C@@H](C)C(=O)Nc2ccc(C(C)C)cc2)nnc1-c1ccc(F)cc1. The fraction of sp³-hybridized carbons (Fsp3) is 0.261. The van der Waals surface area contributed by atoms with E-state index in [4.69, 9.17) is 0 Å². The van der Waals surface area contributed by atoms with Crippen LogP contribution in [0, 0.1) is 5.82 Å². The van der Waals surface area contributed by atoms with E-state index in [0.717, 1.165) is 11.3 Å². The molecule has 0 radical (unpaired) electrons. The number of hydrogen-bond acceptors (Lipinski definition) is 4. The molecule has 2 aromatic carbocycles. The quantitative estimate of drug-likeness (QED) is 0.382. The maximum Gasteiger partial charge on any atom is 0.237 e. The Hall–Kier alpha value is -2.93. The summed E-state index contributed by atoms with van der Waals surface area (Å²) >= 11 is 1.32. The summed E-state index contributed by atoms with van der Waals surface area (Å²) in [5.74, 6) is 0.619. The van der Waals surface area contributed by atoms with Crippen LogP contribution >= 0.6 is 11.8 Å². The van der Waals surface area contributed by atoms with Crippen LogP contribution in [0.15, 0.2) is 66.3 Å². The number of amides is 1. The Morgan fingerprint density at radius 2 is 1.80 bits per heavy atom. The standard InChI is InChI=1S/C23H25FN4OS/c1-5-14-28-21(18-6-10-19(24)11-7-18)26-27-23(28)30-16(4)22(29)25-20-12-8-17(9-13-20)15(2)3/h5-13,15-16H,1,14H2,2-4H3,(H,25,29)/t16-/m0/s1. The van der Waals surface area contributed by atoms with Gasteiger partial charge >= 0.3 is 0 Å². The van der Waals surface area contributed by atoms with Crippen molar-refractivity contribution in [1.82, 2.24) is 14.8 Å². The van der Waals surface area contributed by atoms with Crippen molar-refractivity contribution in [3.63, 3.8) is 0 Å². The third-order valence-corrected chi connectivity index (χ3v) is 5.71. The first kappa shape index (κ1) is 21.8. The van der Waals surface area contributed by atoms with Crippen LogP contribution in [-0.2, 0) is 11.3 Å². The summed E-state index contributed by atoms with van der Waals surface area (Å²) in [6, 6.07) is 14.0. The molecule has 7 heteroatoms. The topological polar surface area (TPSA) is 59.8 Å². The smallest absolute Gasteiger partial charge is 0.237 e. The van der Waals surface area contributed by atoms with E-state index in [1.54, 1.807) is 18.2 Å². The van der Waals surface area contributed by atoms with Gasteiger partial charge in [-0.2, -0.15) is 0 Å². The Morgan fingerprint density at radius 1 is 1.13 bits per heavy atom. The number of thioether (sulfide) groups is 1. The normalized spacial score (nSPS) is 12.0. The predicted molar refractivity (Wildman–Crippen MR) is 120 cm³/mol. The van der Waals surface area contributed by atoms with Crippen molar-refractivity contribution in [3.8, 4) is 11.4 Å². The molecule has 0 aliphatic carbocycles. The number of nitrogens with one attached hydrogen (secondary N) is 1. The number of nitrogens with zero attached hydrogens (tertiary/aromatic N) is 3. The van der Waals surface area contributed by atoms with Gasteiger partial charge in [0.05, 0.1) is 5.25 Å². The number of hydrogen-bond donors (Lipinski definition) is 1. The molecule has 0 saturated heterocycles. The highest BCUT2D eigenvalue weighted by Gasteiger charge is 2.20. The summed E-state index contributed by atoms with van der Waals surface area (Å²) in [6.07, 6.45) is 1.74. The van der Waals surface area contributed by atoms with Crippen LogP contribution in [0.3, 0.4) is 0 Å². The molecule has 1 amide bonds. The minimum atomic E-state index is -0.386. The Bertz CT molecular complexity index is 1010. The summed E-state index contributed by atoms with van der Waals surface area (Å²) in [5.41, 5.74) is 2.73. The van der Waals surface area contributed by atoms with E-state index in [1.165, 1.54) is 29.5 Å². The summed E-state index contributed by atoms with van der Waals surface area (Å²) < 4.78 is 15.1. The Labute approximate surface area is 180 Å². The summed E-state index contributed by atoms with van der Waals surface area (Å²) in [4.78, 5) is 12.7. The van der Waals surface area contributed by atoms with E-state index in [2.05, 4.69) is 35.9 Å². The molecule has 1 heterocycles. The van der Waals surface area contributed by atoms with Crippen LogP contribution < -0.4 is 5.32 Å². The highest BCUT2D eigenvalue weighted by Crippen LogP contribution is 2.28. The van der Waals surface area contributed by atoms with Crippen molar-refractivity contribution >= 4 is 23.4 Å². The Kier molecular flexibility index (Phi) is 7.05. The molecule has 0 spiro atoms. The van der Waals surface area contributed by atoms with Gasteiger partial charge in [-0.3, -0.25) is 9.36 Å². The van der Waals surface area contributed by atoms with E-state index in [1.807, 2.05) is 35.8 Å². The van der Waals surface area contributed by atoms with Crippen LogP contribution in [0.2, 0.25) is 0 Å². The van der Waals surface area contributed by atoms with Crippen molar-refractivity contribution in [1.29, 1.82) is 0 Å². The van der Waals surface area contributed by atoms with Gasteiger partial charge in [0, 0.05) is 17.8 Å². The molecule has 1 N–H and O–H groups in total. The maximum atomic E-state index is 13.2. The molecule has 5 nitrogen and oxygen atoms in total. The molecule has 0 aliphatic heterocycles. The summed E-state index contributed by atoms with van der Waals surface area (Å²) in [7, 11) is 0. The van der Waals surface area contributed by atoms with Gasteiger partial charge < -0.3 is 5.32 Å². The molecule has 0 aliphatic rings. The number of halogens is 1. The molecule has 30 heavy (non-hydrogen) atoms. The van der Waals surface area contributed by atoms with Gasteiger partial charge in [0.15, 0.2) is 11.0 Å². The predicted octanol–water partition coefficient (Wildman–Crippen LogP) is 5.51. The van der Waals surface area contributed by atoms with E-state index < -0.39 is 0 Å². The zero-order valence-corrected chi connectivity index (χ0v) is 18.1. The van der Waals surface area contributed by atoms with Gasteiger partial charge in [0.25, 0.3) is 0 Å². The van der Waals surface area contributed by atoms with Gasteiger partial charge in [0.2, 0.25) is 5.91 Å². The molecule has 3 rings (SSSR count). The van der Waals surface area contributed by atoms with Crippen molar-refractivity contribution in [2.45, 2.75) is 43.6 Å². The highest BCUT2D eigenvalue weighted by atomic mass is 32.2. The van der Waals surface area contributed by atoms with Crippen LogP contribution in [0.5, 0.6) is 0 Å². The van der Waals surface area contributed by atoms with Gasteiger partial charge in [0.1, 0.15) is 5.82 Å². The molecule has 1 aromatic heterocycles. The number of aromatic nitrogens is 3. The number of carbonyl (C=O) groups is 1. The zero-order valence-electron chi connectivity index (χ0n) is 17.3. The summed E-state index contributed by atoms with van der Waals surface area (Å²) in [5, 5.41) is 11.7. The number of carbonyl (C=O) groups excluding carboxylic acids is 1. The van der Waals surface area contributed by atoms with Crippen molar-refractivity contribution < 1.29 is 9.18 Å². The van der Waals surface area contributed by atoms with Crippen molar-refractivity contribution in [2.24, 2.45) is 0 Å². The molecular formula is C23H25FN4OS. The lowest BCUT2D eigenvalue weighted by Crippen LogP contribution is -2.23. The minimum Gasteiger partial charge on any atom is -0.325 e. The third kappa shape index (κ3) is 5.16. The summed E-state index contributed by atoms with van der Waals surface area (Å²) in [6.45, 7) is 10.4. The average molecular weight is 425 g/mol. The van der Waals surface area contributed by atoms with Crippen LogP contribution in [-0.4, -0.2) is 25.9 Å². The second-order valence-electron chi connectivity index (χ2n) is 7.24. The average Bonchev–Trinajstić information content (AvgIpc) is 3.11. The fourth-order valence-corrected chi connectivity index (χ4v) is 3.75. The van der Waals surface area contributed by atoms with Gasteiger partial charge in [-0.25, -0.2) is 4.39 Å². The maximum absolute atomic E-state index is 13.2. The first-order valence-corrected chi connectivity index (χ1v) is 10.6. The number of allylic oxidation sites excluding steroid dienone is 1. The second kappa shape index (κ2) is 9.71. The van der Waals surface area contributed by atoms with Crippen LogP contribution in [0.1, 0.15) is 32.3 Å². The van der Waals surface area contributed by atoms with E-state index in [0.29, 0.717) is 23.4 Å². The van der Waals surface area contributed by atoms with Gasteiger partial charge in [-0.15, -0.1) is 16.8 Å². The van der Waals surface area contributed by atoms with Crippen LogP contribution in [0.4, 0.5) is 10.1 Å². The third-order valence-electron chi connectivity index (χ3n) is 4.63. The number of rotatable bonds is 8. The molecule has 1 atom stereocenters. The van der Waals surface area contributed by atoms with Crippen molar-refractivity contribution in [2.75, 3.05) is 5.32 Å². The number of benzene rings is 2. The molecule has 0 fully saturated rings. The lowest BCUT2D eigenvalue weighted by molar-refractivity contribution is -0.115. The minimum absolute atomic E-state index is 0.117. The lowest BCUT2D eigenvalue weighted by Gasteiger charge is -2.13. The molecule has 0 saturated carbocycles. The van der Waals surface area contributed by atoms with Crippen molar-refractivity contribution in [3.05, 3.63) is 72.6 Å². The fourth-order valence-electron chi connectivity index (χ4n) is 2.89. The van der Waals surface area contributed by atoms with Gasteiger partial charge in [-0.05, 0) is 54.8 Å². The monoisotopic (exact) mass is 424 g/mol. The Balaban J connectivity index is 1.73. The molecule has 0 unspecified atom stereocenters. The Morgan fingerprint density at radius 3 is 2.40 bits per heavy atom. The lowest BCUT2D eigenvalue weighted by atomic mass is 10.0. The molecular weight excluding hydrogens is 399 g/mol. The van der Waals surface area contributed by atoms with E-state index >= 15 is 0 Å². The second-order valence-corrected chi connectivity index (χ2v) is 8.55. The first-order valence-electron chi connectivity index (χ1n) is 9.76. The number of anilines is 1. The van der Waals surface area contributed by atoms with E-state index in [9.17, 15) is 9.18 Å². The molecule has 0 bridgehead atoms. The highest BCUT2D eigenvalue weighted by molar-refractivity contribution is 8.00. The largest absolute Gasteiger partial charge is 0.325 e. The molecule has 156 valence electrons. The van der Waals surface area contributed by atoms with E-state index in [-0.39, 0.29) is 17.0 Å². The van der Waals surface area contributed by atoms with Crippen LogP contribution in [0.25, 0.3) is 11.4 Å². The molecule has 3 aromatic rings. The van der Waals surface area contributed by atoms with Gasteiger partial charge in [-0.1, -0.05) is 43.8 Å². The first-order chi connectivity index (χ1) is 14.4.